The van der Waals surface area contributed by atoms with E-state index in [-0.39, 0.29) is 5.54 Å². The monoisotopic (exact) mass is 239 g/mol. The second-order valence-corrected chi connectivity index (χ2v) is 5.80. The van der Waals surface area contributed by atoms with Gasteiger partial charge in [0.1, 0.15) is 0 Å². The Morgan fingerprint density at radius 3 is 2.94 bits per heavy atom. The lowest BCUT2D eigenvalue weighted by molar-refractivity contribution is 0.0125. The lowest BCUT2D eigenvalue weighted by Crippen LogP contribution is -2.58. The maximum atomic E-state index is 10.0. The molecule has 3 rings (SSSR count). The van der Waals surface area contributed by atoms with Crippen LogP contribution >= 0.6 is 0 Å². The molecule has 3 fully saturated rings. The van der Waals surface area contributed by atoms with Crippen molar-refractivity contribution in [3.8, 4) is 0 Å². The molecule has 98 valence electrons. The summed E-state index contributed by atoms with van der Waals surface area (Å²) in [5, 5.41) is 13.5. The van der Waals surface area contributed by atoms with Crippen LogP contribution in [0.5, 0.6) is 0 Å². The van der Waals surface area contributed by atoms with Crippen LogP contribution in [0.2, 0.25) is 0 Å². The van der Waals surface area contributed by atoms with Crippen molar-refractivity contribution in [3.05, 3.63) is 0 Å². The van der Waals surface area contributed by atoms with Crippen LogP contribution in [0.3, 0.4) is 0 Å². The number of hydrogen-bond donors (Lipinski definition) is 2. The van der Waals surface area contributed by atoms with Crippen molar-refractivity contribution >= 4 is 0 Å². The smallest absolute Gasteiger partial charge is 0.0631 e. The predicted octanol–water partition coefficient (Wildman–Crippen LogP) is -0.119. The topological polar surface area (TPSA) is 38.7 Å². The number of rotatable bonds is 2. The molecule has 0 amide bonds. The zero-order valence-corrected chi connectivity index (χ0v) is 10.7. The number of hydrogen-bond acceptors (Lipinski definition) is 4. The van der Waals surface area contributed by atoms with Gasteiger partial charge in [-0.15, -0.1) is 0 Å². The average molecular weight is 239 g/mol. The maximum absolute atomic E-state index is 10.0. The summed E-state index contributed by atoms with van der Waals surface area (Å²) in [7, 11) is 0. The third-order valence-corrected chi connectivity index (χ3v) is 5.06. The van der Waals surface area contributed by atoms with E-state index in [2.05, 4.69) is 15.1 Å². The van der Waals surface area contributed by atoms with E-state index in [9.17, 15) is 5.11 Å². The van der Waals surface area contributed by atoms with Crippen LogP contribution in [0, 0.1) is 0 Å². The summed E-state index contributed by atoms with van der Waals surface area (Å²) < 4.78 is 0. The van der Waals surface area contributed by atoms with Gasteiger partial charge >= 0.3 is 0 Å². The number of aliphatic hydroxyl groups is 1. The summed E-state index contributed by atoms with van der Waals surface area (Å²) in [5.41, 5.74) is 0.0719. The first-order valence-corrected chi connectivity index (χ1v) is 7.17. The number of nitrogens with one attached hydrogen (secondary N) is 1. The molecule has 3 aliphatic rings. The fourth-order valence-corrected chi connectivity index (χ4v) is 4.15. The molecule has 0 aromatic heterocycles. The molecule has 3 aliphatic heterocycles. The number of fused-ring (bicyclic) bond motifs is 1. The van der Waals surface area contributed by atoms with Crippen molar-refractivity contribution in [1.82, 2.24) is 15.1 Å². The van der Waals surface area contributed by atoms with Crippen molar-refractivity contribution in [2.24, 2.45) is 0 Å². The van der Waals surface area contributed by atoms with Gasteiger partial charge in [-0.1, -0.05) is 0 Å². The molecule has 3 saturated heterocycles. The molecular weight excluding hydrogens is 214 g/mol. The van der Waals surface area contributed by atoms with E-state index >= 15 is 0 Å². The van der Waals surface area contributed by atoms with Crippen molar-refractivity contribution < 1.29 is 5.11 Å². The predicted molar refractivity (Wildman–Crippen MR) is 68.1 cm³/mol. The van der Waals surface area contributed by atoms with Gasteiger partial charge in [0, 0.05) is 32.2 Å². The third-order valence-electron chi connectivity index (χ3n) is 5.06. The minimum absolute atomic E-state index is 0.0719. The SMILES string of the molecule is OCC1(N2CCCNCC2)CCN2CCCC21. The van der Waals surface area contributed by atoms with Crippen molar-refractivity contribution in [2.45, 2.75) is 37.3 Å². The van der Waals surface area contributed by atoms with Gasteiger partial charge < -0.3 is 10.4 Å². The van der Waals surface area contributed by atoms with Gasteiger partial charge in [-0.25, -0.2) is 0 Å². The van der Waals surface area contributed by atoms with Gasteiger partial charge in [0.2, 0.25) is 0 Å². The third kappa shape index (κ3) is 1.91. The molecule has 0 spiro atoms. The standard InChI is InChI=1S/C13H25N3O/c17-11-13(16-8-2-5-14-6-10-16)4-9-15-7-1-3-12(13)15/h12,14,17H,1-11H2. The van der Waals surface area contributed by atoms with Gasteiger partial charge in [-0.3, -0.25) is 9.80 Å². The zero-order chi connectivity index (χ0) is 11.7. The molecule has 17 heavy (non-hydrogen) atoms. The molecule has 2 atom stereocenters. The van der Waals surface area contributed by atoms with Crippen molar-refractivity contribution in [3.63, 3.8) is 0 Å². The normalized spacial score (nSPS) is 40.4. The summed E-state index contributed by atoms with van der Waals surface area (Å²) in [6.45, 7) is 7.24. The molecule has 3 heterocycles. The first-order valence-electron chi connectivity index (χ1n) is 7.17. The molecule has 4 nitrogen and oxygen atoms in total. The second kappa shape index (κ2) is 4.84. The first-order chi connectivity index (χ1) is 8.37. The fourth-order valence-electron chi connectivity index (χ4n) is 4.15. The summed E-state index contributed by atoms with van der Waals surface area (Å²) in [4.78, 5) is 5.19. The molecule has 2 unspecified atom stereocenters. The number of aliphatic hydroxyl groups excluding tert-OH is 1. The van der Waals surface area contributed by atoms with E-state index in [1.54, 1.807) is 0 Å². The van der Waals surface area contributed by atoms with E-state index < -0.39 is 0 Å². The Bertz CT molecular complexity index is 265. The quantitative estimate of drug-likeness (QED) is 0.705. The maximum Gasteiger partial charge on any atom is 0.0631 e. The second-order valence-electron chi connectivity index (χ2n) is 5.80. The highest BCUT2D eigenvalue weighted by molar-refractivity contribution is 5.09. The zero-order valence-electron chi connectivity index (χ0n) is 10.7. The molecule has 0 bridgehead atoms. The first kappa shape index (κ1) is 11.9. The van der Waals surface area contributed by atoms with Gasteiger partial charge in [0.05, 0.1) is 12.1 Å². The summed E-state index contributed by atoms with van der Waals surface area (Å²) in [6.07, 6.45) is 4.98. The molecule has 0 aromatic carbocycles. The highest BCUT2D eigenvalue weighted by Crippen LogP contribution is 2.40. The van der Waals surface area contributed by atoms with Crippen LogP contribution < -0.4 is 5.32 Å². The highest BCUT2D eigenvalue weighted by atomic mass is 16.3. The van der Waals surface area contributed by atoms with E-state index in [4.69, 9.17) is 0 Å². The van der Waals surface area contributed by atoms with E-state index in [1.807, 2.05) is 0 Å². The Kier molecular flexibility index (Phi) is 3.39. The van der Waals surface area contributed by atoms with E-state index in [0.717, 1.165) is 32.6 Å². The largest absolute Gasteiger partial charge is 0.394 e. The molecule has 0 aromatic rings. The van der Waals surface area contributed by atoms with Crippen molar-refractivity contribution in [1.29, 1.82) is 0 Å². The van der Waals surface area contributed by atoms with Crippen molar-refractivity contribution in [2.75, 3.05) is 45.9 Å². The summed E-state index contributed by atoms with van der Waals surface area (Å²) in [6, 6.07) is 0.616. The van der Waals surface area contributed by atoms with Crippen LogP contribution in [0.4, 0.5) is 0 Å². The van der Waals surface area contributed by atoms with Gasteiger partial charge in [0.25, 0.3) is 0 Å². The molecule has 0 radical (unpaired) electrons. The Labute approximate surface area is 104 Å². The molecule has 2 N–H and O–H groups in total. The Morgan fingerprint density at radius 1 is 1.12 bits per heavy atom. The van der Waals surface area contributed by atoms with Crippen LogP contribution in [-0.4, -0.2) is 72.4 Å². The van der Waals surface area contributed by atoms with Crippen LogP contribution in [0.15, 0.2) is 0 Å². The van der Waals surface area contributed by atoms with E-state index in [0.29, 0.717) is 12.6 Å². The van der Waals surface area contributed by atoms with Crippen LogP contribution in [0.1, 0.15) is 25.7 Å². The summed E-state index contributed by atoms with van der Waals surface area (Å²) in [5.74, 6) is 0. The van der Waals surface area contributed by atoms with Gasteiger partial charge in [0.15, 0.2) is 0 Å². The lowest BCUT2D eigenvalue weighted by Gasteiger charge is -2.43. The minimum atomic E-state index is 0.0719. The van der Waals surface area contributed by atoms with Crippen LogP contribution in [0.25, 0.3) is 0 Å². The molecule has 0 aliphatic carbocycles. The molecule has 0 saturated carbocycles. The lowest BCUT2D eigenvalue weighted by atomic mass is 9.87. The summed E-state index contributed by atoms with van der Waals surface area (Å²) >= 11 is 0. The van der Waals surface area contributed by atoms with Gasteiger partial charge in [-0.2, -0.15) is 0 Å². The Balaban J connectivity index is 1.80. The van der Waals surface area contributed by atoms with Crippen LogP contribution in [-0.2, 0) is 0 Å². The number of nitrogens with zero attached hydrogens (tertiary/aromatic N) is 2. The van der Waals surface area contributed by atoms with E-state index in [1.165, 1.54) is 32.4 Å². The highest BCUT2D eigenvalue weighted by Gasteiger charge is 2.51. The fraction of sp³-hybridized carbons (Fsp3) is 1.00. The Morgan fingerprint density at radius 2 is 2.06 bits per heavy atom. The van der Waals surface area contributed by atoms with Gasteiger partial charge in [-0.05, 0) is 38.8 Å². The minimum Gasteiger partial charge on any atom is -0.394 e. The average Bonchev–Trinajstić information content (AvgIpc) is 2.83. The molecular formula is C13H25N3O. The Hall–Kier alpha value is -0.160. The molecule has 4 heteroatoms.